The second-order valence-electron chi connectivity index (χ2n) is 15.8. The van der Waals surface area contributed by atoms with Crippen LogP contribution in [0.5, 0.6) is 0 Å². The van der Waals surface area contributed by atoms with E-state index < -0.39 is 18.0 Å². The van der Waals surface area contributed by atoms with Gasteiger partial charge in [-0.3, -0.25) is 4.79 Å². The Balaban J connectivity index is 0.00000794. The Kier molecular flexibility index (Phi) is 16.8. The van der Waals surface area contributed by atoms with Crippen molar-refractivity contribution in [1.82, 2.24) is 19.9 Å². The van der Waals surface area contributed by atoms with Crippen LogP contribution < -0.4 is 20.2 Å². The van der Waals surface area contributed by atoms with Gasteiger partial charge in [0, 0.05) is 23.1 Å². The molecule has 8 bridgehead atoms. The Morgan fingerprint density at radius 3 is 1.87 bits per heavy atom. The predicted molar refractivity (Wildman–Crippen MR) is 231 cm³/mol. The number of hydrogen-bond acceptors (Lipinski definition) is 8. The maximum Gasteiger partial charge on any atom is 2.00 e. The molecule has 0 unspecified atom stereocenters. The maximum absolute atomic E-state index is 12.8. The first kappa shape index (κ1) is 47.3. The summed E-state index contributed by atoms with van der Waals surface area (Å²) in [6, 6.07) is 7.03. The van der Waals surface area contributed by atoms with Crippen molar-refractivity contribution >= 4 is 62.6 Å². The maximum atomic E-state index is 12.8. The van der Waals surface area contributed by atoms with Crippen LogP contribution in [-0.2, 0) is 37.9 Å². The van der Waals surface area contributed by atoms with Gasteiger partial charge in [0.1, 0.15) is 0 Å². The van der Waals surface area contributed by atoms with Crippen molar-refractivity contribution in [1.29, 1.82) is 0 Å². The molecule has 60 heavy (non-hydrogen) atoms. The first-order valence-electron chi connectivity index (χ1n) is 20.3. The fourth-order valence-corrected chi connectivity index (χ4v) is 7.71. The summed E-state index contributed by atoms with van der Waals surface area (Å²) in [7, 11) is 0. The van der Waals surface area contributed by atoms with Gasteiger partial charge in [0.25, 0.3) is 0 Å². The molecule has 11 heteroatoms. The summed E-state index contributed by atoms with van der Waals surface area (Å²) in [5.41, 5.74) is 12.9. The number of carbonyl (C=O) groups is 3. The third kappa shape index (κ3) is 11.5. The molecule has 5 rings (SSSR count). The molecule has 2 aliphatic heterocycles. The van der Waals surface area contributed by atoms with Crippen molar-refractivity contribution in [3.8, 4) is 0 Å². The molecular weight excluding hydrogens is 796 g/mol. The van der Waals surface area contributed by atoms with Crippen molar-refractivity contribution in [3.63, 3.8) is 0 Å². The topological polar surface area (TPSA) is 172 Å². The van der Waals surface area contributed by atoms with Gasteiger partial charge >= 0.3 is 17.1 Å². The van der Waals surface area contributed by atoms with Crippen LogP contribution >= 0.6 is 0 Å². The first-order chi connectivity index (χ1) is 28.1. The van der Waals surface area contributed by atoms with Crippen LogP contribution in [0.25, 0.3) is 44.4 Å². The molecule has 0 aromatic carbocycles. The molecule has 0 aliphatic carbocycles. The Morgan fingerprint density at radius 1 is 0.717 bits per heavy atom. The molecule has 5 heterocycles. The number of carboxylic acid groups (broad SMARTS) is 2. The summed E-state index contributed by atoms with van der Waals surface area (Å²) < 4.78 is 0. The monoisotopic (exact) mass is 850 g/mol. The van der Waals surface area contributed by atoms with Gasteiger partial charge in [0.05, 0.1) is 28.9 Å². The van der Waals surface area contributed by atoms with E-state index in [9.17, 15) is 29.7 Å². The first-order valence-corrected chi connectivity index (χ1v) is 20.3. The van der Waals surface area contributed by atoms with Gasteiger partial charge in [-0.1, -0.05) is 88.6 Å². The van der Waals surface area contributed by atoms with E-state index in [1.807, 2.05) is 32.9 Å². The van der Waals surface area contributed by atoms with Crippen molar-refractivity contribution in [2.45, 2.75) is 119 Å². The fraction of sp³-hybridized carbons (Fsp3) is 0.367. The van der Waals surface area contributed by atoms with E-state index in [4.69, 9.17) is 19.9 Å². The van der Waals surface area contributed by atoms with Crippen molar-refractivity contribution in [2.75, 3.05) is 0 Å². The normalized spacial score (nSPS) is 13.6. The molecule has 0 saturated carbocycles. The molecule has 316 valence electrons. The van der Waals surface area contributed by atoms with E-state index in [1.54, 1.807) is 18.2 Å². The molecule has 1 atom stereocenters. The van der Waals surface area contributed by atoms with Crippen molar-refractivity contribution in [2.24, 2.45) is 0 Å². The number of carboxylic acids is 2. The zero-order valence-corrected chi connectivity index (χ0v) is 36.8. The van der Waals surface area contributed by atoms with Crippen molar-refractivity contribution < 1.29 is 46.8 Å². The zero-order chi connectivity index (χ0) is 43.0. The van der Waals surface area contributed by atoms with E-state index in [0.29, 0.717) is 80.5 Å². The molecule has 0 radical (unpaired) electrons. The zero-order valence-electron chi connectivity index (χ0n) is 35.7. The number of allylic oxidation sites excluding steroid dienone is 11. The number of aryl methyl sites for hydroxylation is 3. The average molecular weight is 851 g/mol. The van der Waals surface area contributed by atoms with E-state index in [1.165, 1.54) is 16.7 Å². The van der Waals surface area contributed by atoms with Crippen LogP contribution in [-0.4, -0.2) is 33.3 Å². The van der Waals surface area contributed by atoms with E-state index in [2.05, 4.69) is 52.5 Å². The van der Waals surface area contributed by atoms with Crippen molar-refractivity contribution in [3.05, 3.63) is 117 Å². The number of aliphatic hydroxyl groups excluding tert-OH is 1. The van der Waals surface area contributed by atoms with E-state index >= 15 is 0 Å². The van der Waals surface area contributed by atoms with E-state index in [0.717, 1.165) is 42.4 Å². The van der Waals surface area contributed by atoms with Crippen LogP contribution in [0.15, 0.2) is 71.9 Å². The third-order valence-electron chi connectivity index (χ3n) is 11.1. The molecule has 0 saturated heterocycles. The quantitative estimate of drug-likeness (QED) is 0.0755. The molecule has 0 fully saturated rings. The number of aliphatic hydroxyl groups is 1. The number of rotatable bonds is 18. The van der Waals surface area contributed by atoms with Gasteiger partial charge in [-0.15, -0.1) is 22.1 Å². The summed E-state index contributed by atoms with van der Waals surface area (Å²) in [5, 5.41) is 35.0. The Labute approximate surface area is 363 Å². The number of aldehydes is 1. The third-order valence-corrected chi connectivity index (χ3v) is 11.1. The smallest absolute Gasteiger partial charge is 0.657 e. The average Bonchev–Trinajstić information content (AvgIpc) is 3.85. The second kappa shape index (κ2) is 21.3. The second-order valence-corrected chi connectivity index (χ2v) is 15.8. The number of aliphatic carboxylic acids is 2. The molecule has 10 nitrogen and oxygen atoms in total. The molecule has 1 N–H and O–H groups in total. The summed E-state index contributed by atoms with van der Waals surface area (Å²) >= 11 is 0. The minimum atomic E-state index is -1.28. The van der Waals surface area contributed by atoms with Gasteiger partial charge in [-0.2, -0.15) is 0 Å². The molecule has 3 aromatic rings. The molecular formula is C49H54FeN4O6-2. The molecule has 2 aliphatic rings. The number of carbonyl (C=O) groups excluding carboxylic acids is 3. The standard InChI is InChI=1S/C49H58N4O6.Fe/c1-9-34-31(6)39-25-45-49(46(55)18-12-17-30(5)16-11-15-29(4)14-10-13-28(2)3)33(8)40(52-45)24-44-37(27-54)36(20-22-48(58)59)43(53-44)26-42-35(19-21-47(56)57)32(7)38(51-42)23-41(34)50-39;/h9,13,15,17,23-27,46,55H,1,10-12,14,16,18-22H2,2-8H3,(H4,50,51,52,53,54,56,57,58,59);/q;+2/p-4/b29-15+,30-17+,38-23?,39-25?,40-24?,41-23?,42-26?,43-26?,44-24?,45-25?;/t46-;/m0./s1. The number of fused-ring (bicyclic) bond motifs is 8. The van der Waals surface area contributed by atoms with Gasteiger partial charge < -0.3 is 34.9 Å². The summed E-state index contributed by atoms with van der Waals surface area (Å²) in [6.07, 6.45) is 12.9. The van der Waals surface area contributed by atoms with Crippen LogP contribution in [0, 0.1) is 13.8 Å². The van der Waals surface area contributed by atoms with Crippen LogP contribution in [0.4, 0.5) is 0 Å². The largest absolute Gasteiger partial charge is 2.00 e. The van der Waals surface area contributed by atoms with Gasteiger partial charge in [0.15, 0.2) is 6.29 Å². The minimum absolute atomic E-state index is 0. The molecule has 3 aromatic heterocycles. The Hall–Kier alpha value is -5.35. The summed E-state index contributed by atoms with van der Waals surface area (Å²) in [6.45, 7) is 18.3. The number of hydrogen-bond donors (Lipinski definition) is 1. The van der Waals surface area contributed by atoms with Gasteiger partial charge in [0.2, 0.25) is 0 Å². The van der Waals surface area contributed by atoms with E-state index in [-0.39, 0.29) is 54.0 Å². The van der Waals surface area contributed by atoms with Crippen LogP contribution in [0.1, 0.15) is 144 Å². The SMILES string of the molecule is C=CC1=C(C)c2cc3[n-]c(cc4nc(cc5[n-]c(cc1n2)c(C)c5CCC(=O)[O-])C(CCC(=O)[O-])=C4C=O)c(C)c3[C@@H](O)CC/C=C(\C)CC/C=C(\C)CCC=C(C)C.[Fe+2]. The summed E-state index contributed by atoms with van der Waals surface area (Å²) in [5.74, 6) is -2.49. The number of aromatic nitrogens is 4. The van der Waals surface area contributed by atoms with Gasteiger partial charge in [-0.25, -0.2) is 9.97 Å². The minimum Gasteiger partial charge on any atom is -0.657 e. The predicted octanol–water partition coefficient (Wildman–Crippen LogP) is 7.86. The van der Waals surface area contributed by atoms with Crippen LogP contribution in [0.3, 0.4) is 0 Å². The molecule has 0 spiro atoms. The Bertz CT molecular complexity index is 2490. The molecule has 0 amide bonds. The summed E-state index contributed by atoms with van der Waals surface area (Å²) in [4.78, 5) is 55.7. The Morgan fingerprint density at radius 2 is 1.25 bits per heavy atom. The number of nitrogens with zero attached hydrogens (tertiary/aromatic N) is 4. The van der Waals surface area contributed by atoms with Gasteiger partial charge in [-0.05, 0) is 129 Å². The van der Waals surface area contributed by atoms with Crippen LogP contribution in [0.2, 0.25) is 0 Å². The fourth-order valence-electron chi connectivity index (χ4n) is 7.71.